The van der Waals surface area contributed by atoms with Crippen LogP contribution in [0.4, 0.5) is 0 Å². The second-order valence-electron chi connectivity index (χ2n) is 4.80. The summed E-state index contributed by atoms with van der Waals surface area (Å²) in [5.74, 6) is 1.52. The number of carboxylic acids is 1. The number of primary sulfonamides is 1. The maximum absolute atomic E-state index is 11.3. The number of aliphatic carboxylic acids is 1. The van der Waals surface area contributed by atoms with Crippen LogP contribution in [0.5, 0.6) is 0 Å². The van der Waals surface area contributed by atoms with Crippen LogP contribution in [0.2, 0.25) is 0 Å². The van der Waals surface area contributed by atoms with Gasteiger partial charge in [-0.25, -0.2) is 22.9 Å². The van der Waals surface area contributed by atoms with E-state index in [4.69, 9.17) is 16.7 Å². The summed E-state index contributed by atoms with van der Waals surface area (Å²) < 4.78 is 24.3. The summed E-state index contributed by atoms with van der Waals surface area (Å²) in [4.78, 5) is 11.1. The molecule has 6 nitrogen and oxygen atoms in total. The molecule has 7 heteroatoms. The van der Waals surface area contributed by atoms with Gasteiger partial charge in [-0.1, -0.05) is 5.92 Å². The lowest BCUT2D eigenvalue weighted by Crippen LogP contribution is -2.29. The number of nitrogens with zero attached hydrogens (tertiary/aromatic N) is 1. The van der Waals surface area contributed by atoms with E-state index in [-0.39, 0.29) is 4.90 Å². The Bertz CT molecular complexity index is 760. The van der Waals surface area contributed by atoms with Crippen molar-refractivity contribution in [3.8, 4) is 12.3 Å². The van der Waals surface area contributed by atoms with Gasteiger partial charge in [0.05, 0.1) is 10.5 Å². The smallest absolute Gasteiger partial charge is 0.372 e. The molecule has 2 rings (SSSR count). The Labute approximate surface area is 123 Å². The third kappa shape index (κ3) is 3.29. The molecular formula is C14H15N2O4S+. The van der Waals surface area contributed by atoms with Crippen molar-refractivity contribution in [3.05, 3.63) is 29.3 Å². The van der Waals surface area contributed by atoms with Crippen LogP contribution in [0.3, 0.4) is 0 Å². The normalized spacial score (nSPS) is 20.4. The average Bonchev–Trinajstić information content (AvgIpc) is 2.86. The van der Waals surface area contributed by atoms with Gasteiger partial charge < -0.3 is 5.11 Å². The first-order valence-corrected chi connectivity index (χ1v) is 7.84. The van der Waals surface area contributed by atoms with Crippen molar-refractivity contribution in [3.63, 3.8) is 0 Å². The minimum Gasteiger partial charge on any atom is -0.476 e. The molecule has 1 aliphatic heterocycles. The van der Waals surface area contributed by atoms with Crippen LogP contribution in [0.25, 0.3) is 0 Å². The van der Waals surface area contributed by atoms with E-state index >= 15 is 0 Å². The third-order valence-electron chi connectivity index (χ3n) is 3.39. The summed E-state index contributed by atoms with van der Waals surface area (Å²) in [7, 11) is -3.82. The Morgan fingerprint density at radius 3 is 2.81 bits per heavy atom. The van der Waals surface area contributed by atoms with Gasteiger partial charge in [0.1, 0.15) is 6.54 Å². The van der Waals surface area contributed by atoms with E-state index in [9.17, 15) is 13.2 Å². The maximum atomic E-state index is 11.3. The number of terminal acetylenes is 1. The zero-order chi connectivity index (χ0) is 15.6. The van der Waals surface area contributed by atoms with Crippen LogP contribution in [0.1, 0.15) is 24.0 Å². The lowest BCUT2D eigenvalue weighted by atomic mass is 10.1. The van der Waals surface area contributed by atoms with Crippen LogP contribution in [0.15, 0.2) is 23.1 Å². The molecule has 21 heavy (non-hydrogen) atoms. The highest BCUT2D eigenvalue weighted by Crippen LogP contribution is 2.16. The van der Waals surface area contributed by atoms with Crippen LogP contribution >= 0.6 is 0 Å². The predicted molar refractivity (Wildman–Crippen MR) is 76.7 cm³/mol. The minimum absolute atomic E-state index is 0.0659. The number of carbonyl (C=O) groups is 1. The lowest BCUT2D eigenvalue weighted by Gasteiger charge is -2.05. The first-order valence-electron chi connectivity index (χ1n) is 6.30. The molecule has 1 aromatic rings. The van der Waals surface area contributed by atoms with Crippen LogP contribution in [-0.4, -0.2) is 42.9 Å². The van der Waals surface area contributed by atoms with E-state index in [1.807, 2.05) is 0 Å². The van der Waals surface area contributed by atoms with Gasteiger partial charge >= 0.3 is 5.97 Å². The lowest BCUT2D eigenvalue weighted by molar-refractivity contribution is -0.527. The third-order valence-corrected chi connectivity index (χ3v) is 4.30. The number of benzene rings is 1. The van der Waals surface area contributed by atoms with E-state index in [1.165, 1.54) is 18.2 Å². The zero-order valence-electron chi connectivity index (χ0n) is 11.2. The topological polar surface area (TPSA) is 100 Å². The molecule has 0 amide bonds. The maximum Gasteiger partial charge on any atom is 0.372 e. The van der Waals surface area contributed by atoms with E-state index in [0.717, 1.165) is 6.42 Å². The van der Waals surface area contributed by atoms with E-state index in [0.29, 0.717) is 24.1 Å². The molecule has 1 fully saturated rings. The van der Waals surface area contributed by atoms with Crippen molar-refractivity contribution in [2.75, 3.05) is 6.54 Å². The Kier molecular flexibility index (Phi) is 4.11. The molecule has 0 unspecified atom stereocenters. The van der Waals surface area contributed by atoms with Crippen molar-refractivity contribution in [1.29, 1.82) is 0 Å². The first kappa shape index (κ1) is 15.2. The standard InChI is InChI=1S/C14H14N2O4S/c1-2-10-8-12(21(15,19)20)6-5-11(10)9-16-7-3-4-13(16)14(17)18/h1,5-6,8-9,13H,3-4,7H2,(H2-,15,17,18,19,20)/p+1/t13-/m0/s1. The van der Waals surface area contributed by atoms with Crippen LogP contribution in [-0.2, 0) is 14.8 Å². The van der Waals surface area contributed by atoms with Crippen molar-refractivity contribution in [2.45, 2.75) is 23.8 Å². The van der Waals surface area contributed by atoms with Crippen LogP contribution in [0, 0.1) is 12.3 Å². The number of hydrogen-bond acceptors (Lipinski definition) is 3. The monoisotopic (exact) mass is 307 g/mol. The van der Waals surface area contributed by atoms with Crippen LogP contribution < -0.4 is 5.14 Å². The molecule has 0 saturated carbocycles. The molecule has 1 saturated heterocycles. The average molecular weight is 307 g/mol. The van der Waals surface area contributed by atoms with Gasteiger partial charge in [-0.2, -0.15) is 0 Å². The Hall–Kier alpha value is -2.17. The summed E-state index contributed by atoms with van der Waals surface area (Å²) in [5.41, 5.74) is 0.954. The van der Waals surface area contributed by atoms with Gasteiger partial charge in [-0.3, -0.25) is 0 Å². The Morgan fingerprint density at radius 2 is 2.24 bits per heavy atom. The van der Waals surface area contributed by atoms with E-state index in [2.05, 4.69) is 5.92 Å². The molecular weight excluding hydrogens is 292 g/mol. The van der Waals surface area contributed by atoms with Gasteiger partial charge in [0, 0.05) is 18.4 Å². The molecule has 0 spiro atoms. The number of rotatable bonds is 3. The number of sulfonamides is 1. The molecule has 0 aromatic heterocycles. The van der Waals surface area contributed by atoms with E-state index in [1.54, 1.807) is 10.8 Å². The van der Waals surface area contributed by atoms with E-state index < -0.39 is 22.0 Å². The second kappa shape index (κ2) is 5.68. The molecule has 1 aliphatic rings. The molecule has 1 atom stereocenters. The molecule has 3 N–H and O–H groups in total. The predicted octanol–water partition coefficient (Wildman–Crippen LogP) is -0.00630. The van der Waals surface area contributed by atoms with Crippen molar-refractivity contribution >= 4 is 22.2 Å². The highest BCUT2D eigenvalue weighted by Gasteiger charge is 2.34. The van der Waals surface area contributed by atoms with Crippen molar-refractivity contribution in [1.82, 2.24) is 0 Å². The van der Waals surface area contributed by atoms with Gasteiger partial charge in [0.2, 0.25) is 16.1 Å². The Morgan fingerprint density at radius 1 is 1.52 bits per heavy atom. The number of carboxylic acid groups (broad SMARTS) is 1. The first-order chi connectivity index (χ1) is 9.82. The van der Waals surface area contributed by atoms with Gasteiger partial charge in [0.25, 0.3) is 0 Å². The minimum atomic E-state index is -3.82. The fourth-order valence-electron chi connectivity index (χ4n) is 2.34. The van der Waals surface area contributed by atoms with Gasteiger partial charge in [-0.05, 0) is 18.2 Å². The molecule has 0 bridgehead atoms. The molecule has 0 radical (unpaired) electrons. The molecule has 1 aromatic carbocycles. The quantitative estimate of drug-likeness (QED) is 0.606. The Balaban J connectivity index is 2.46. The highest BCUT2D eigenvalue weighted by atomic mass is 32.2. The SMILES string of the molecule is C#Cc1cc(S(N)(=O)=O)ccc1C=[N+]1CCC[C@H]1C(=O)O. The zero-order valence-corrected chi connectivity index (χ0v) is 12.0. The van der Waals surface area contributed by atoms with Gasteiger partial charge in [0.15, 0.2) is 6.21 Å². The summed E-state index contributed by atoms with van der Waals surface area (Å²) in [6.45, 7) is 0.623. The second-order valence-corrected chi connectivity index (χ2v) is 6.36. The number of nitrogens with two attached hydrogens (primary N) is 1. The fourth-order valence-corrected chi connectivity index (χ4v) is 2.88. The number of hydrogen-bond donors (Lipinski definition) is 2. The molecule has 110 valence electrons. The van der Waals surface area contributed by atoms with Crippen molar-refractivity contribution in [2.24, 2.45) is 5.14 Å². The summed E-state index contributed by atoms with van der Waals surface area (Å²) in [6, 6.07) is 3.63. The fraction of sp³-hybridized carbons (Fsp3) is 0.286. The molecule has 1 heterocycles. The summed E-state index contributed by atoms with van der Waals surface area (Å²) in [6.07, 6.45) is 8.41. The largest absolute Gasteiger partial charge is 0.476 e. The summed E-state index contributed by atoms with van der Waals surface area (Å²) >= 11 is 0. The highest BCUT2D eigenvalue weighted by molar-refractivity contribution is 7.89. The summed E-state index contributed by atoms with van der Waals surface area (Å²) in [5, 5.41) is 14.2. The van der Waals surface area contributed by atoms with Gasteiger partial charge in [-0.15, -0.1) is 6.42 Å². The van der Waals surface area contributed by atoms with Crippen molar-refractivity contribution < 1.29 is 22.9 Å². The molecule has 0 aliphatic carbocycles.